The molecule has 2 fully saturated rings. The molecule has 0 saturated heterocycles. The molecule has 0 radical (unpaired) electrons. The van der Waals surface area contributed by atoms with Gasteiger partial charge in [-0.1, -0.05) is 12.8 Å². The van der Waals surface area contributed by atoms with E-state index in [4.69, 9.17) is 5.73 Å². The number of hydrogen-bond donors (Lipinski definition) is 3. The zero-order chi connectivity index (χ0) is 14.5. The summed E-state index contributed by atoms with van der Waals surface area (Å²) in [5, 5.41) is 5.96. The van der Waals surface area contributed by atoms with Gasteiger partial charge >= 0.3 is 0 Å². The lowest BCUT2D eigenvalue weighted by atomic mass is 9.90. The molecule has 2 aliphatic rings. The topological polar surface area (TPSA) is 84.2 Å². The molecule has 0 aromatic heterocycles. The smallest absolute Gasteiger partial charge is 0.243 e. The van der Waals surface area contributed by atoms with Crippen molar-refractivity contribution < 1.29 is 9.59 Å². The highest BCUT2D eigenvalue weighted by molar-refractivity contribution is 5.87. The minimum absolute atomic E-state index is 0.00688. The molecule has 1 unspecified atom stereocenters. The van der Waals surface area contributed by atoms with Crippen molar-refractivity contribution in [3.05, 3.63) is 0 Å². The van der Waals surface area contributed by atoms with Gasteiger partial charge < -0.3 is 16.4 Å². The first-order chi connectivity index (χ1) is 9.56. The van der Waals surface area contributed by atoms with Crippen LogP contribution in [0.4, 0.5) is 0 Å². The molecule has 2 amide bonds. The Morgan fingerprint density at radius 1 is 1.05 bits per heavy atom. The fraction of sp³-hybridized carbons (Fsp3) is 0.867. The van der Waals surface area contributed by atoms with Crippen LogP contribution in [0.3, 0.4) is 0 Å². The van der Waals surface area contributed by atoms with E-state index in [1.54, 1.807) is 0 Å². The SMILES string of the molecule is CC(=O)NC(C(=O)NC1CCC(N)CC1)C1CCCC1. The molecule has 114 valence electrons. The van der Waals surface area contributed by atoms with Crippen LogP contribution in [0.5, 0.6) is 0 Å². The predicted octanol–water partition coefficient (Wildman–Crippen LogP) is 1.07. The summed E-state index contributed by atoms with van der Waals surface area (Å²) in [4.78, 5) is 23.8. The maximum Gasteiger partial charge on any atom is 0.243 e. The molecule has 5 heteroatoms. The highest BCUT2D eigenvalue weighted by Crippen LogP contribution is 2.28. The average Bonchev–Trinajstić information content (AvgIpc) is 2.92. The Balaban J connectivity index is 1.90. The molecule has 2 aliphatic carbocycles. The van der Waals surface area contributed by atoms with Gasteiger partial charge in [-0.25, -0.2) is 0 Å². The molecule has 5 nitrogen and oxygen atoms in total. The van der Waals surface area contributed by atoms with E-state index in [-0.39, 0.29) is 29.9 Å². The summed E-state index contributed by atoms with van der Waals surface area (Å²) in [6.45, 7) is 1.48. The molecule has 0 spiro atoms. The molecule has 4 N–H and O–H groups in total. The Morgan fingerprint density at radius 2 is 1.65 bits per heavy atom. The Kier molecular flexibility index (Phi) is 5.40. The third-order valence-electron chi connectivity index (χ3n) is 4.63. The number of amides is 2. The molecule has 0 heterocycles. The standard InChI is InChI=1S/C15H27N3O2/c1-10(19)17-14(11-4-2-3-5-11)15(20)18-13-8-6-12(16)7-9-13/h11-14H,2-9,16H2,1H3,(H,17,19)(H,18,20). The van der Waals surface area contributed by atoms with E-state index in [0.29, 0.717) is 5.92 Å². The van der Waals surface area contributed by atoms with Gasteiger partial charge in [-0.2, -0.15) is 0 Å². The van der Waals surface area contributed by atoms with Crippen LogP contribution in [0, 0.1) is 5.92 Å². The van der Waals surface area contributed by atoms with Gasteiger partial charge in [-0.3, -0.25) is 9.59 Å². The van der Waals surface area contributed by atoms with Crippen LogP contribution in [-0.4, -0.2) is 29.9 Å². The van der Waals surface area contributed by atoms with Crippen LogP contribution in [-0.2, 0) is 9.59 Å². The monoisotopic (exact) mass is 281 g/mol. The van der Waals surface area contributed by atoms with Gasteiger partial charge in [0.25, 0.3) is 0 Å². The molecule has 1 atom stereocenters. The normalized spacial score (nSPS) is 28.9. The van der Waals surface area contributed by atoms with Crippen molar-refractivity contribution >= 4 is 11.8 Å². The molecule has 0 bridgehead atoms. The van der Waals surface area contributed by atoms with Crippen LogP contribution >= 0.6 is 0 Å². The van der Waals surface area contributed by atoms with Gasteiger partial charge in [-0.05, 0) is 44.4 Å². The minimum Gasteiger partial charge on any atom is -0.352 e. The summed E-state index contributed by atoms with van der Waals surface area (Å²) in [6.07, 6.45) is 8.23. The summed E-state index contributed by atoms with van der Waals surface area (Å²) in [6, 6.07) is 0.148. The van der Waals surface area contributed by atoms with Crippen LogP contribution in [0.15, 0.2) is 0 Å². The van der Waals surface area contributed by atoms with Gasteiger partial charge in [0.05, 0.1) is 0 Å². The van der Waals surface area contributed by atoms with Crippen LogP contribution in [0.2, 0.25) is 0 Å². The summed E-state index contributed by atoms with van der Waals surface area (Å²) in [5.74, 6) is 0.167. The molecule has 2 saturated carbocycles. The summed E-state index contributed by atoms with van der Waals surface area (Å²) in [5.41, 5.74) is 5.88. The van der Waals surface area contributed by atoms with Gasteiger partial charge in [0, 0.05) is 19.0 Å². The number of rotatable bonds is 4. The van der Waals surface area contributed by atoms with Crippen LogP contribution < -0.4 is 16.4 Å². The minimum atomic E-state index is -0.356. The number of carbonyl (C=O) groups is 2. The van der Waals surface area contributed by atoms with Crippen molar-refractivity contribution in [2.75, 3.05) is 0 Å². The number of nitrogens with two attached hydrogens (primary N) is 1. The molecule has 2 rings (SSSR count). The molecule has 0 aromatic carbocycles. The van der Waals surface area contributed by atoms with Gasteiger partial charge in [0.15, 0.2) is 0 Å². The van der Waals surface area contributed by atoms with Crippen molar-refractivity contribution in [3.63, 3.8) is 0 Å². The van der Waals surface area contributed by atoms with E-state index in [0.717, 1.165) is 51.4 Å². The lowest BCUT2D eigenvalue weighted by Gasteiger charge is -2.30. The van der Waals surface area contributed by atoms with Crippen LogP contribution in [0.25, 0.3) is 0 Å². The number of nitrogens with one attached hydrogen (secondary N) is 2. The van der Waals surface area contributed by atoms with Crippen LogP contribution in [0.1, 0.15) is 58.3 Å². The zero-order valence-corrected chi connectivity index (χ0v) is 12.4. The van der Waals surface area contributed by atoms with E-state index >= 15 is 0 Å². The van der Waals surface area contributed by atoms with Crippen molar-refractivity contribution in [2.45, 2.75) is 76.4 Å². The first-order valence-corrected chi connectivity index (χ1v) is 7.89. The lowest BCUT2D eigenvalue weighted by molar-refractivity contribution is -0.130. The maximum absolute atomic E-state index is 12.5. The van der Waals surface area contributed by atoms with Gasteiger partial charge in [-0.15, -0.1) is 0 Å². The second-order valence-electron chi connectivity index (χ2n) is 6.34. The molecular weight excluding hydrogens is 254 g/mol. The quantitative estimate of drug-likeness (QED) is 0.720. The Hall–Kier alpha value is -1.10. The Morgan fingerprint density at radius 3 is 2.20 bits per heavy atom. The summed E-state index contributed by atoms with van der Waals surface area (Å²) < 4.78 is 0. The van der Waals surface area contributed by atoms with Gasteiger partial charge in [0.1, 0.15) is 6.04 Å². The number of carbonyl (C=O) groups excluding carboxylic acids is 2. The van der Waals surface area contributed by atoms with E-state index in [1.165, 1.54) is 6.92 Å². The second-order valence-corrected chi connectivity index (χ2v) is 6.34. The molecule has 20 heavy (non-hydrogen) atoms. The van der Waals surface area contributed by atoms with E-state index in [1.807, 2.05) is 0 Å². The second kappa shape index (κ2) is 7.07. The maximum atomic E-state index is 12.5. The van der Waals surface area contributed by atoms with Crippen molar-refractivity contribution in [1.82, 2.24) is 10.6 Å². The van der Waals surface area contributed by atoms with Crippen molar-refractivity contribution in [1.29, 1.82) is 0 Å². The molecule has 0 aliphatic heterocycles. The largest absolute Gasteiger partial charge is 0.352 e. The van der Waals surface area contributed by atoms with E-state index < -0.39 is 0 Å². The van der Waals surface area contributed by atoms with Crippen molar-refractivity contribution in [2.24, 2.45) is 11.7 Å². The predicted molar refractivity (Wildman–Crippen MR) is 77.9 cm³/mol. The number of hydrogen-bond acceptors (Lipinski definition) is 3. The third-order valence-corrected chi connectivity index (χ3v) is 4.63. The summed E-state index contributed by atoms with van der Waals surface area (Å²) in [7, 11) is 0. The fourth-order valence-electron chi connectivity index (χ4n) is 3.46. The first-order valence-electron chi connectivity index (χ1n) is 7.89. The third kappa shape index (κ3) is 4.20. The van der Waals surface area contributed by atoms with Gasteiger partial charge in [0.2, 0.25) is 11.8 Å². The molecular formula is C15H27N3O2. The highest BCUT2D eigenvalue weighted by atomic mass is 16.2. The molecule has 0 aromatic rings. The fourth-order valence-corrected chi connectivity index (χ4v) is 3.46. The Bertz CT molecular complexity index is 345. The van der Waals surface area contributed by atoms with E-state index in [9.17, 15) is 9.59 Å². The first kappa shape index (κ1) is 15.3. The average molecular weight is 281 g/mol. The van der Waals surface area contributed by atoms with E-state index in [2.05, 4.69) is 10.6 Å². The lowest BCUT2D eigenvalue weighted by Crippen LogP contribution is -2.53. The zero-order valence-electron chi connectivity index (χ0n) is 12.4. The summed E-state index contributed by atoms with van der Waals surface area (Å²) >= 11 is 0. The Labute approximate surface area is 121 Å². The highest BCUT2D eigenvalue weighted by Gasteiger charge is 2.32. The van der Waals surface area contributed by atoms with Crippen molar-refractivity contribution in [3.8, 4) is 0 Å².